The van der Waals surface area contributed by atoms with Crippen LogP contribution in [0.25, 0.3) is 0 Å². The van der Waals surface area contributed by atoms with E-state index >= 15 is 0 Å². The molecule has 7 nitrogen and oxygen atoms in total. The SMILES string of the molecule is CCNC(=NCCOc1ccc(C(F)(F)F)cc1)N1CCN(Cc2ccon2)CC1.I. The number of hydrogen-bond donors (Lipinski definition) is 1. The third-order valence-electron chi connectivity index (χ3n) is 4.69. The van der Waals surface area contributed by atoms with Crippen molar-refractivity contribution in [2.75, 3.05) is 45.9 Å². The van der Waals surface area contributed by atoms with Gasteiger partial charge in [0, 0.05) is 45.3 Å². The molecule has 1 aromatic carbocycles. The van der Waals surface area contributed by atoms with Gasteiger partial charge in [-0.05, 0) is 31.2 Å². The predicted octanol–water partition coefficient (Wildman–Crippen LogP) is 3.47. The molecule has 1 aliphatic rings. The molecule has 2 heterocycles. The molecule has 1 N–H and O–H groups in total. The van der Waals surface area contributed by atoms with Gasteiger partial charge in [0.05, 0.1) is 17.8 Å². The number of halogens is 4. The van der Waals surface area contributed by atoms with Gasteiger partial charge in [0.15, 0.2) is 5.96 Å². The van der Waals surface area contributed by atoms with Gasteiger partial charge in [-0.1, -0.05) is 5.16 Å². The van der Waals surface area contributed by atoms with Crippen molar-refractivity contribution in [2.45, 2.75) is 19.6 Å². The van der Waals surface area contributed by atoms with Crippen LogP contribution in [0.4, 0.5) is 13.2 Å². The van der Waals surface area contributed by atoms with Gasteiger partial charge >= 0.3 is 6.18 Å². The Morgan fingerprint density at radius 3 is 2.45 bits per heavy atom. The van der Waals surface area contributed by atoms with Crippen molar-refractivity contribution >= 4 is 29.9 Å². The Bertz CT molecular complexity index is 792. The first kappa shape index (κ1) is 25.2. The van der Waals surface area contributed by atoms with Crippen molar-refractivity contribution < 1.29 is 22.4 Å². The lowest BCUT2D eigenvalue weighted by atomic mass is 10.2. The lowest BCUT2D eigenvalue weighted by molar-refractivity contribution is -0.137. The molecule has 1 saturated heterocycles. The van der Waals surface area contributed by atoms with Gasteiger partial charge < -0.3 is 19.5 Å². The highest BCUT2D eigenvalue weighted by molar-refractivity contribution is 14.0. The molecular formula is C20H27F3IN5O2. The van der Waals surface area contributed by atoms with Gasteiger partial charge in [0.2, 0.25) is 0 Å². The average molecular weight is 553 g/mol. The normalized spacial score (nSPS) is 15.5. The molecule has 0 saturated carbocycles. The van der Waals surface area contributed by atoms with E-state index in [0.29, 0.717) is 12.3 Å². The van der Waals surface area contributed by atoms with Crippen molar-refractivity contribution in [3.63, 3.8) is 0 Å². The molecule has 0 amide bonds. The lowest BCUT2D eigenvalue weighted by Crippen LogP contribution is -2.52. The van der Waals surface area contributed by atoms with Crippen molar-refractivity contribution in [3.8, 4) is 5.75 Å². The number of piperazine rings is 1. The molecule has 1 fully saturated rings. The van der Waals surface area contributed by atoms with Crippen LogP contribution >= 0.6 is 24.0 Å². The topological polar surface area (TPSA) is 66.1 Å². The Labute approximate surface area is 196 Å². The summed E-state index contributed by atoms with van der Waals surface area (Å²) in [5.41, 5.74) is 0.231. The van der Waals surface area contributed by atoms with Gasteiger partial charge in [0.1, 0.15) is 18.6 Å². The third kappa shape index (κ3) is 7.87. The van der Waals surface area contributed by atoms with Crippen LogP contribution in [-0.4, -0.2) is 66.8 Å². The Morgan fingerprint density at radius 1 is 1.16 bits per heavy atom. The number of alkyl halides is 3. The molecule has 0 atom stereocenters. The summed E-state index contributed by atoms with van der Waals surface area (Å²) in [6.45, 7) is 7.66. The molecule has 2 aromatic rings. The summed E-state index contributed by atoms with van der Waals surface area (Å²) in [5, 5.41) is 7.23. The van der Waals surface area contributed by atoms with Crippen LogP contribution in [0.2, 0.25) is 0 Å². The molecule has 1 aliphatic heterocycles. The molecule has 0 aliphatic carbocycles. The minimum absolute atomic E-state index is 0. The van der Waals surface area contributed by atoms with E-state index in [0.717, 1.165) is 63.1 Å². The van der Waals surface area contributed by atoms with Gasteiger partial charge in [-0.15, -0.1) is 24.0 Å². The van der Waals surface area contributed by atoms with Crippen molar-refractivity contribution in [3.05, 3.63) is 47.9 Å². The van der Waals surface area contributed by atoms with Crippen LogP contribution in [0, 0.1) is 0 Å². The highest BCUT2D eigenvalue weighted by atomic mass is 127. The minimum atomic E-state index is -4.34. The fourth-order valence-corrected chi connectivity index (χ4v) is 3.15. The first-order chi connectivity index (χ1) is 14.5. The number of ether oxygens (including phenoxy) is 1. The number of rotatable bonds is 7. The van der Waals surface area contributed by atoms with Crippen molar-refractivity contribution in [1.29, 1.82) is 0 Å². The fourth-order valence-electron chi connectivity index (χ4n) is 3.15. The lowest BCUT2D eigenvalue weighted by Gasteiger charge is -2.36. The number of nitrogens with one attached hydrogen (secondary N) is 1. The highest BCUT2D eigenvalue weighted by Crippen LogP contribution is 2.30. The molecule has 0 bridgehead atoms. The maximum atomic E-state index is 12.6. The Hall–Kier alpha value is -2.02. The minimum Gasteiger partial charge on any atom is -0.492 e. The van der Waals surface area contributed by atoms with Gasteiger partial charge in [0.25, 0.3) is 0 Å². The zero-order valence-electron chi connectivity index (χ0n) is 17.3. The fraction of sp³-hybridized carbons (Fsp3) is 0.500. The first-order valence-corrected chi connectivity index (χ1v) is 9.90. The zero-order valence-corrected chi connectivity index (χ0v) is 19.6. The summed E-state index contributed by atoms with van der Waals surface area (Å²) in [6.07, 6.45) is -2.77. The van der Waals surface area contributed by atoms with E-state index in [1.54, 1.807) is 6.26 Å². The standard InChI is InChI=1S/C20H26F3N5O2.HI/c1-2-24-19(28-11-9-27(10-12-28)15-17-7-13-30-26-17)25-8-14-29-18-5-3-16(4-6-18)20(21,22)23;/h3-7,13H,2,8-12,14-15H2,1H3,(H,24,25);1H. The predicted molar refractivity (Wildman–Crippen MR) is 122 cm³/mol. The third-order valence-corrected chi connectivity index (χ3v) is 4.69. The molecule has 31 heavy (non-hydrogen) atoms. The Balaban J connectivity index is 0.00000341. The maximum Gasteiger partial charge on any atom is 0.416 e. The quantitative estimate of drug-likeness (QED) is 0.245. The summed E-state index contributed by atoms with van der Waals surface area (Å²) >= 11 is 0. The van der Waals surface area contributed by atoms with Crippen LogP contribution in [0.3, 0.4) is 0 Å². The summed E-state index contributed by atoms with van der Waals surface area (Å²) < 4.78 is 48.2. The van der Waals surface area contributed by atoms with Gasteiger partial charge in [-0.2, -0.15) is 13.2 Å². The van der Waals surface area contributed by atoms with Gasteiger partial charge in [-0.3, -0.25) is 4.90 Å². The van der Waals surface area contributed by atoms with Crippen molar-refractivity contribution in [1.82, 2.24) is 20.3 Å². The molecule has 3 rings (SSSR count). The molecule has 0 unspecified atom stereocenters. The second kappa shape index (κ2) is 12.1. The molecule has 11 heteroatoms. The number of nitrogens with zero attached hydrogens (tertiary/aromatic N) is 4. The summed E-state index contributed by atoms with van der Waals surface area (Å²) in [4.78, 5) is 9.10. The van der Waals surface area contributed by atoms with E-state index in [1.807, 2.05) is 13.0 Å². The van der Waals surface area contributed by atoms with Crippen molar-refractivity contribution in [2.24, 2.45) is 4.99 Å². The van der Waals surface area contributed by atoms with Crippen LogP contribution in [-0.2, 0) is 12.7 Å². The molecule has 0 radical (unpaired) electrons. The van der Waals surface area contributed by atoms with E-state index in [9.17, 15) is 13.2 Å². The summed E-state index contributed by atoms with van der Waals surface area (Å²) in [6, 6.07) is 6.55. The maximum absolute atomic E-state index is 12.6. The second-order valence-corrected chi connectivity index (χ2v) is 6.86. The number of hydrogen-bond acceptors (Lipinski definition) is 5. The highest BCUT2D eigenvalue weighted by Gasteiger charge is 2.30. The summed E-state index contributed by atoms with van der Waals surface area (Å²) in [7, 11) is 0. The number of aliphatic imine (C=N–C) groups is 1. The Morgan fingerprint density at radius 2 is 1.87 bits per heavy atom. The first-order valence-electron chi connectivity index (χ1n) is 9.90. The smallest absolute Gasteiger partial charge is 0.416 e. The van der Waals surface area contributed by atoms with E-state index in [1.165, 1.54) is 12.1 Å². The van der Waals surface area contributed by atoms with Crippen LogP contribution in [0.15, 0.2) is 46.1 Å². The molecule has 1 aromatic heterocycles. The molecule has 172 valence electrons. The van der Waals surface area contributed by atoms with E-state index in [4.69, 9.17) is 9.26 Å². The largest absolute Gasteiger partial charge is 0.492 e. The summed E-state index contributed by atoms with van der Waals surface area (Å²) in [5.74, 6) is 1.21. The monoisotopic (exact) mass is 553 g/mol. The van der Waals surface area contributed by atoms with Gasteiger partial charge in [-0.25, -0.2) is 4.99 Å². The van der Waals surface area contributed by atoms with Crippen LogP contribution < -0.4 is 10.1 Å². The second-order valence-electron chi connectivity index (χ2n) is 6.86. The molecule has 0 spiro atoms. The Kier molecular flexibility index (Phi) is 9.88. The number of benzene rings is 1. The van der Waals surface area contributed by atoms with E-state index < -0.39 is 11.7 Å². The zero-order chi connectivity index (χ0) is 21.4. The number of guanidine groups is 1. The average Bonchev–Trinajstić information content (AvgIpc) is 3.24. The van der Waals surface area contributed by atoms with E-state index in [2.05, 4.69) is 25.3 Å². The van der Waals surface area contributed by atoms with Crippen LogP contribution in [0.1, 0.15) is 18.2 Å². The number of aromatic nitrogens is 1. The van der Waals surface area contributed by atoms with E-state index in [-0.39, 0.29) is 30.6 Å². The van der Waals surface area contributed by atoms with Crippen LogP contribution in [0.5, 0.6) is 5.75 Å². The molecular weight excluding hydrogens is 526 g/mol.